The first-order valence-electron chi connectivity index (χ1n) is 3.02. The maximum atomic E-state index is 5.40. The van der Waals surface area contributed by atoms with E-state index < -0.39 is 0 Å². The van der Waals surface area contributed by atoms with Gasteiger partial charge in [-0.2, -0.15) is 9.97 Å². The first-order valence-corrected chi connectivity index (χ1v) is 3.02. The molecule has 2 aromatic heterocycles. The van der Waals surface area contributed by atoms with Crippen molar-refractivity contribution in [2.75, 3.05) is 17.2 Å². The molecule has 8 nitrogen and oxygen atoms in total. The summed E-state index contributed by atoms with van der Waals surface area (Å²) in [4.78, 5) is 8.42. The Hall–Kier alpha value is -2.12. The minimum Gasteiger partial charge on any atom is -0.393 e. The average Bonchev–Trinajstić information content (AvgIpc) is 2.81. The van der Waals surface area contributed by atoms with Gasteiger partial charge < -0.3 is 17.2 Å². The van der Waals surface area contributed by atoms with Crippen LogP contribution in [0.5, 0.6) is 0 Å². The fourth-order valence-electron chi connectivity index (χ4n) is 0.657. The molecule has 0 bridgehead atoms. The Labute approximate surface area is 65.8 Å². The number of rotatable bonds is 1. The third-order valence-electron chi connectivity index (χ3n) is 1.31. The highest BCUT2D eigenvalue weighted by Crippen LogP contribution is 2.19. The summed E-state index contributed by atoms with van der Waals surface area (Å²) >= 11 is 0. The number of hydrogen-bond donors (Lipinski definition) is 3. The number of nitrogens with two attached hydrogens (primary N) is 3. The maximum absolute atomic E-state index is 5.40. The molecule has 0 radical (unpaired) electrons. The van der Waals surface area contributed by atoms with Gasteiger partial charge in [0.05, 0.1) is 4.91 Å². The lowest BCUT2D eigenvalue weighted by Gasteiger charge is -2.00. The van der Waals surface area contributed by atoms with Crippen molar-refractivity contribution >= 4 is 17.3 Å². The molecule has 0 fully saturated rings. The lowest BCUT2D eigenvalue weighted by molar-refractivity contribution is 0.264. The molecule has 0 aliphatic heterocycles. The maximum Gasteiger partial charge on any atom is 0.314 e. The van der Waals surface area contributed by atoms with Gasteiger partial charge in [-0.1, -0.05) is 0 Å². The van der Waals surface area contributed by atoms with E-state index in [4.69, 9.17) is 17.2 Å². The Morgan fingerprint density at radius 2 is 1.50 bits per heavy atom. The van der Waals surface area contributed by atoms with Crippen LogP contribution >= 0.6 is 0 Å². The van der Waals surface area contributed by atoms with Crippen LogP contribution in [0.3, 0.4) is 0 Å². The van der Waals surface area contributed by atoms with Crippen molar-refractivity contribution in [1.82, 2.24) is 14.9 Å². The summed E-state index contributed by atoms with van der Waals surface area (Å²) in [6, 6.07) is 0. The molecule has 0 spiro atoms. The van der Waals surface area contributed by atoms with E-state index in [1.807, 2.05) is 0 Å². The normalized spacial score (nSPS) is 10.7. The van der Waals surface area contributed by atoms with Crippen molar-refractivity contribution in [2.24, 2.45) is 0 Å². The zero-order chi connectivity index (χ0) is 8.72. The first-order chi connectivity index (χ1) is 5.68. The largest absolute Gasteiger partial charge is 0.393 e. The number of nitrogen functional groups attached to an aromatic ring is 3. The molecule has 0 aromatic carbocycles. The zero-order valence-corrected chi connectivity index (χ0v) is 5.89. The lowest BCUT2D eigenvalue weighted by atomic mass is 10.4. The fraction of sp³-hybridized carbons (Fsp3) is 0. The van der Waals surface area contributed by atoms with E-state index in [0.29, 0.717) is 0 Å². The second-order valence-corrected chi connectivity index (χ2v) is 2.11. The Morgan fingerprint density at radius 1 is 1.00 bits per heavy atom. The first kappa shape index (κ1) is 6.58. The molecular weight excluding hydrogens is 164 g/mol. The third-order valence-corrected chi connectivity index (χ3v) is 1.31. The summed E-state index contributed by atoms with van der Waals surface area (Å²) in [5, 5.41) is 0. The fourth-order valence-corrected chi connectivity index (χ4v) is 0.657. The number of nitrogens with zero attached hydrogens (tertiary/aromatic N) is 3. The van der Waals surface area contributed by atoms with E-state index in [-0.39, 0.29) is 23.3 Å². The number of anilines is 3. The predicted molar refractivity (Wildman–Crippen MR) is 39.1 cm³/mol. The molecule has 0 amide bonds. The monoisotopic (exact) mass is 170 g/mol. The Kier molecular flexibility index (Phi) is 1.06. The molecule has 2 aromatic rings. The molecule has 6 N–H and O–H groups in total. The lowest BCUT2D eigenvalue weighted by Crippen LogP contribution is -2.07. The van der Waals surface area contributed by atoms with Gasteiger partial charge in [0.25, 0.3) is 0 Å². The van der Waals surface area contributed by atoms with Crippen molar-refractivity contribution < 1.29 is 9.36 Å². The van der Waals surface area contributed by atoms with Gasteiger partial charge in [0.15, 0.2) is 11.6 Å². The van der Waals surface area contributed by atoms with Crippen LogP contribution in [0.4, 0.5) is 17.3 Å². The van der Waals surface area contributed by atoms with Crippen molar-refractivity contribution in [2.45, 2.75) is 0 Å². The highest BCUT2D eigenvalue weighted by Gasteiger charge is 2.14. The van der Waals surface area contributed by atoms with Crippen LogP contribution < -0.4 is 17.2 Å². The molecule has 0 unspecified atom stereocenters. The second-order valence-electron chi connectivity index (χ2n) is 2.11. The van der Waals surface area contributed by atoms with Crippen molar-refractivity contribution in [1.29, 1.82) is 0 Å². The molecule has 0 aliphatic carbocycles. The summed E-state index contributed by atoms with van der Waals surface area (Å²) in [7, 11) is 0. The van der Waals surface area contributed by atoms with E-state index >= 15 is 0 Å². The van der Waals surface area contributed by atoms with E-state index in [1.165, 1.54) is 0 Å². The van der Waals surface area contributed by atoms with Gasteiger partial charge in [-0.15, -0.1) is 9.36 Å². The second kappa shape index (κ2) is 1.94. The van der Waals surface area contributed by atoms with Crippen LogP contribution in [0.15, 0.2) is 9.36 Å². The molecule has 64 valence electrons. The molecule has 12 heavy (non-hydrogen) atoms. The minimum absolute atomic E-state index is 0.0941. The van der Waals surface area contributed by atoms with Crippen molar-refractivity contribution in [3.63, 3.8) is 0 Å². The average molecular weight is 170 g/mol. The van der Waals surface area contributed by atoms with Gasteiger partial charge in [0.1, 0.15) is 5.69 Å². The predicted octanol–water partition coefficient (Wildman–Crippen LogP) is -0.800. The molecule has 8 heteroatoms. The van der Waals surface area contributed by atoms with Gasteiger partial charge in [0, 0.05) is 0 Å². The van der Waals surface area contributed by atoms with Crippen LogP contribution in [0, 0.1) is 0 Å². The van der Waals surface area contributed by atoms with Crippen molar-refractivity contribution in [3.05, 3.63) is 0 Å². The van der Waals surface area contributed by atoms with E-state index in [2.05, 4.69) is 19.3 Å². The van der Waals surface area contributed by atoms with Crippen molar-refractivity contribution in [3.8, 4) is 5.95 Å². The summed E-state index contributed by atoms with van der Waals surface area (Å²) < 4.78 is 8.60. The highest BCUT2D eigenvalue weighted by molar-refractivity contribution is 5.71. The molecule has 0 atom stereocenters. The Balaban J connectivity index is 2.56. The van der Waals surface area contributed by atoms with E-state index in [1.54, 1.807) is 0 Å². The molecule has 0 saturated heterocycles. The summed E-state index contributed by atoms with van der Waals surface area (Å²) in [5.41, 5.74) is 16.3. The number of aromatic nitrogens is 3. The SMILES string of the molecule is Nc1nc(-n2oo2)nc(N)c1N. The smallest absolute Gasteiger partial charge is 0.314 e. The summed E-state index contributed by atoms with van der Waals surface area (Å²) in [6.07, 6.45) is 0. The van der Waals surface area contributed by atoms with Gasteiger partial charge >= 0.3 is 5.95 Å². The van der Waals surface area contributed by atoms with Crippen LogP contribution in [-0.2, 0) is 0 Å². The molecule has 2 heterocycles. The zero-order valence-electron chi connectivity index (χ0n) is 5.89. The molecule has 2 rings (SSSR count). The van der Waals surface area contributed by atoms with Gasteiger partial charge in [0.2, 0.25) is 0 Å². The number of hydrogen-bond acceptors (Lipinski definition) is 7. The Bertz CT molecular complexity index is 366. The molecule has 0 aliphatic rings. The van der Waals surface area contributed by atoms with Crippen LogP contribution in [-0.4, -0.2) is 14.9 Å². The standard InChI is InChI=1S/C4H6N6O2/c5-1-2(6)8-4(9-3(1)7)10-11-12-10/h5H2,(H4,6,7,8,9). The van der Waals surface area contributed by atoms with Gasteiger partial charge in [-0.3, -0.25) is 0 Å². The minimum atomic E-state index is 0.0941. The summed E-state index contributed by atoms with van der Waals surface area (Å²) in [6.45, 7) is 0. The quantitative estimate of drug-likeness (QED) is 0.476. The molecule has 0 saturated carbocycles. The summed E-state index contributed by atoms with van der Waals surface area (Å²) in [5.74, 6) is 0.312. The van der Waals surface area contributed by atoms with Gasteiger partial charge in [-0.25, -0.2) is 0 Å². The van der Waals surface area contributed by atoms with Crippen LogP contribution in [0.25, 0.3) is 5.95 Å². The van der Waals surface area contributed by atoms with Crippen LogP contribution in [0.2, 0.25) is 0 Å². The third kappa shape index (κ3) is 0.856. The van der Waals surface area contributed by atoms with Gasteiger partial charge in [-0.05, 0) is 0 Å². The topological polar surface area (TPSA) is 135 Å². The Morgan fingerprint density at radius 3 is 1.92 bits per heavy atom. The van der Waals surface area contributed by atoms with Crippen LogP contribution in [0.1, 0.15) is 0 Å². The highest BCUT2D eigenvalue weighted by atomic mass is 17.3. The van der Waals surface area contributed by atoms with E-state index in [0.717, 1.165) is 4.91 Å². The molecular formula is C4H6N6O2. The van der Waals surface area contributed by atoms with E-state index in [9.17, 15) is 0 Å².